The number of likely N-dealkylation sites (tertiary alicyclic amines) is 1. The van der Waals surface area contributed by atoms with Crippen molar-refractivity contribution < 1.29 is 0 Å². The van der Waals surface area contributed by atoms with E-state index in [1.807, 2.05) is 18.2 Å². The minimum Gasteiger partial charge on any atom is -0.293 e. The lowest BCUT2D eigenvalue weighted by atomic mass is 9.88. The van der Waals surface area contributed by atoms with Gasteiger partial charge in [0.2, 0.25) is 0 Å². The summed E-state index contributed by atoms with van der Waals surface area (Å²) in [6, 6.07) is 0. The number of hydrogen-bond donors (Lipinski definition) is 0. The molecule has 1 rings (SSSR count). The minimum absolute atomic E-state index is 0.289. The summed E-state index contributed by atoms with van der Waals surface area (Å²) in [5.74, 6) is 0. The van der Waals surface area contributed by atoms with E-state index >= 15 is 0 Å². The van der Waals surface area contributed by atoms with Gasteiger partial charge in [-0.2, -0.15) is 0 Å². The van der Waals surface area contributed by atoms with Crippen LogP contribution in [-0.4, -0.2) is 23.5 Å². The van der Waals surface area contributed by atoms with Crippen LogP contribution >= 0.6 is 0 Å². The molecule has 0 atom stereocenters. The average molecular weight is 191 g/mol. The number of nitrogens with zero attached hydrogens (tertiary/aromatic N) is 1. The minimum atomic E-state index is 0.289. The summed E-state index contributed by atoms with van der Waals surface area (Å²) >= 11 is 0. The van der Waals surface area contributed by atoms with E-state index < -0.39 is 0 Å². The molecule has 0 saturated carbocycles. The van der Waals surface area contributed by atoms with Crippen molar-refractivity contribution in [3.05, 3.63) is 38.0 Å². The molecule has 1 fully saturated rings. The molecule has 0 amide bonds. The molecular formula is C13H21N. The fourth-order valence-electron chi connectivity index (χ4n) is 2.52. The molecule has 1 aliphatic rings. The Kier molecular flexibility index (Phi) is 4.15. The highest BCUT2D eigenvalue weighted by molar-refractivity contribution is 5.04. The molecule has 0 N–H and O–H groups in total. The molecule has 0 aliphatic carbocycles. The normalized spacial score (nSPS) is 20.6. The zero-order valence-electron chi connectivity index (χ0n) is 9.04. The van der Waals surface area contributed by atoms with Gasteiger partial charge in [0.1, 0.15) is 0 Å². The molecule has 0 aromatic rings. The summed E-state index contributed by atoms with van der Waals surface area (Å²) < 4.78 is 0. The van der Waals surface area contributed by atoms with E-state index in [-0.39, 0.29) is 5.54 Å². The third kappa shape index (κ3) is 2.16. The zero-order chi connectivity index (χ0) is 10.4. The van der Waals surface area contributed by atoms with E-state index in [1.165, 1.54) is 19.4 Å². The lowest BCUT2D eigenvalue weighted by Crippen LogP contribution is -2.43. The Morgan fingerprint density at radius 1 is 1.07 bits per heavy atom. The first kappa shape index (κ1) is 11.3. The van der Waals surface area contributed by atoms with Crippen molar-refractivity contribution in [3.63, 3.8) is 0 Å². The topological polar surface area (TPSA) is 3.24 Å². The van der Waals surface area contributed by atoms with Crippen LogP contribution < -0.4 is 0 Å². The summed E-state index contributed by atoms with van der Waals surface area (Å²) in [5.41, 5.74) is 0.289. The quantitative estimate of drug-likeness (QED) is 0.583. The summed E-state index contributed by atoms with van der Waals surface area (Å²) in [6.45, 7) is 13.7. The van der Waals surface area contributed by atoms with E-state index in [1.54, 1.807) is 0 Å². The highest BCUT2D eigenvalue weighted by Crippen LogP contribution is 2.35. The maximum atomic E-state index is 3.86. The molecule has 1 saturated heterocycles. The second-order valence-electron chi connectivity index (χ2n) is 4.05. The Labute approximate surface area is 87.8 Å². The lowest BCUT2D eigenvalue weighted by Gasteiger charge is -2.36. The van der Waals surface area contributed by atoms with Gasteiger partial charge in [-0.25, -0.2) is 0 Å². The first-order valence-electron chi connectivity index (χ1n) is 5.37. The van der Waals surface area contributed by atoms with Crippen LogP contribution in [-0.2, 0) is 0 Å². The Morgan fingerprint density at radius 2 is 1.71 bits per heavy atom. The SMILES string of the molecule is C=CCN1CCCC1(CC=C)CC=C. The van der Waals surface area contributed by atoms with E-state index in [4.69, 9.17) is 0 Å². The van der Waals surface area contributed by atoms with E-state index in [0.717, 1.165) is 19.4 Å². The Balaban J connectivity index is 2.75. The molecule has 14 heavy (non-hydrogen) atoms. The van der Waals surface area contributed by atoms with Gasteiger partial charge in [0.15, 0.2) is 0 Å². The highest BCUT2D eigenvalue weighted by atomic mass is 15.2. The second kappa shape index (κ2) is 5.16. The first-order valence-corrected chi connectivity index (χ1v) is 5.37. The standard InChI is InChI=1S/C13H21N/c1-4-8-13(9-5-2)10-7-12-14(13)11-6-3/h4-6H,1-3,7-12H2. The van der Waals surface area contributed by atoms with Crippen molar-refractivity contribution in [3.8, 4) is 0 Å². The van der Waals surface area contributed by atoms with Gasteiger partial charge in [0.05, 0.1) is 0 Å². The predicted molar refractivity (Wildman–Crippen MR) is 63.4 cm³/mol. The second-order valence-corrected chi connectivity index (χ2v) is 4.05. The molecule has 0 aromatic heterocycles. The van der Waals surface area contributed by atoms with Crippen LogP contribution in [0.1, 0.15) is 25.7 Å². The van der Waals surface area contributed by atoms with Crippen LogP contribution in [0.15, 0.2) is 38.0 Å². The molecular weight excluding hydrogens is 170 g/mol. The molecule has 0 unspecified atom stereocenters. The van der Waals surface area contributed by atoms with Crippen LogP contribution in [0.4, 0.5) is 0 Å². The molecule has 0 radical (unpaired) electrons. The Morgan fingerprint density at radius 3 is 2.21 bits per heavy atom. The average Bonchev–Trinajstić information content (AvgIpc) is 2.51. The summed E-state index contributed by atoms with van der Waals surface area (Å²) in [7, 11) is 0. The maximum absolute atomic E-state index is 3.86. The molecule has 1 heterocycles. The van der Waals surface area contributed by atoms with Gasteiger partial charge in [0, 0.05) is 12.1 Å². The highest BCUT2D eigenvalue weighted by Gasteiger charge is 2.37. The Hall–Kier alpha value is -0.820. The molecule has 1 nitrogen and oxygen atoms in total. The van der Waals surface area contributed by atoms with Crippen LogP contribution in [0.5, 0.6) is 0 Å². The van der Waals surface area contributed by atoms with Crippen LogP contribution in [0.3, 0.4) is 0 Å². The van der Waals surface area contributed by atoms with Crippen LogP contribution in [0.25, 0.3) is 0 Å². The summed E-state index contributed by atoms with van der Waals surface area (Å²) in [4.78, 5) is 2.52. The Bertz CT molecular complexity index is 207. The lowest BCUT2D eigenvalue weighted by molar-refractivity contribution is 0.158. The van der Waals surface area contributed by atoms with Crippen molar-refractivity contribution in [1.29, 1.82) is 0 Å². The number of rotatable bonds is 6. The largest absolute Gasteiger partial charge is 0.293 e. The fourth-order valence-corrected chi connectivity index (χ4v) is 2.52. The van der Waals surface area contributed by atoms with Crippen molar-refractivity contribution in [1.82, 2.24) is 4.90 Å². The summed E-state index contributed by atoms with van der Waals surface area (Å²) in [6.07, 6.45) is 10.7. The van der Waals surface area contributed by atoms with Gasteiger partial charge in [-0.15, -0.1) is 19.7 Å². The number of hydrogen-bond acceptors (Lipinski definition) is 1. The van der Waals surface area contributed by atoms with E-state index in [0.29, 0.717) is 0 Å². The van der Waals surface area contributed by atoms with Crippen molar-refractivity contribution in [2.45, 2.75) is 31.2 Å². The molecule has 0 aromatic carbocycles. The van der Waals surface area contributed by atoms with Gasteiger partial charge in [0.25, 0.3) is 0 Å². The van der Waals surface area contributed by atoms with Crippen molar-refractivity contribution in [2.75, 3.05) is 13.1 Å². The third-order valence-corrected chi connectivity index (χ3v) is 3.14. The molecule has 0 spiro atoms. The predicted octanol–water partition coefficient (Wildman–Crippen LogP) is 3.16. The zero-order valence-corrected chi connectivity index (χ0v) is 9.04. The fraction of sp³-hybridized carbons (Fsp3) is 0.538. The molecule has 1 heteroatoms. The van der Waals surface area contributed by atoms with Gasteiger partial charge in [-0.1, -0.05) is 18.2 Å². The van der Waals surface area contributed by atoms with Crippen molar-refractivity contribution in [2.24, 2.45) is 0 Å². The molecule has 0 bridgehead atoms. The van der Waals surface area contributed by atoms with E-state index in [2.05, 4.69) is 24.6 Å². The van der Waals surface area contributed by atoms with Crippen LogP contribution in [0, 0.1) is 0 Å². The van der Waals surface area contributed by atoms with Gasteiger partial charge in [-0.3, -0.25) is 4.90 Å². The van der Waals surface area contributed by atoms with E-state index in [9.17, 15) is 0 Å². The van der Waals surface area contributed by atoms with Gasteiger partial charge in [-0.05, 0) is 32.2 Å². The monoisotopic (exact) mass is 191 g/mol. The summed E-state index contributed by atoms with van der Waals surface area (Å²) in [5, 5.41) is 0. The van der Waals surface area contributed by atoms with Gasteiger partial charge < -0.3 is 0 Å². The van der Waals surface area contributed by atoms with Gasteiger partial charge >= 0.3 is 0 Å². The molecule has 1 aliphatic heterocycles. The maximum Gasteiger partial charge on any atom is 0.0281 e. The third-order valence-electron chi connectivity index (χ3n) is 3.14. The van der Waals surface area contributed by atoms with Crippen molar-refractivity contribution >= 4 is 0 Å². The smallest absolute Gasteiger partial charge is 0.0281 e. The van der Waals surface area contributed by atoms with Crippen LogP contribution in [0.2, 0.25) is 0 Å². The molecule has 78 valence electrons. The first-order chi connectivity index (χ1) is 6.79.